The molecule has 0 saturated heterocycles. The van der Waals surface area contributed by atoms with Gasteiger partial charge in [-0.3, -0.25) is 37.3 Å². The highest BCUT2D eigenvalue weighted by atomic mass is 31.2. The predicted molar refractivity (Wildman–Crippen MR) is 409 cm³/mol. The third-order valence-electron chi connectivity index (χ3n) is 19.2. The van der Waals surface area contributed by atoms with Gasteiger partial charge in [-0.05, 0) is 49.4 Å². The molecule has 0 aliphatic carbocycles. The van der Waals surface area contributed by atoms with E-state index in [1.165, 1.54) is 212 Å². The molecule has 0 aromatic carbocycles. The summed E-state index contributed by atoms with van der Waals surface area (Å²) in [5, 5.41) is 10.6. The van der Waals surface area contributed by atoms with Gasteiger partial charge in [0.05, 0.1) is 26.4 Å². The van der Waals surface area contributed by atoms with E-state index in [4.69, 9.17) is 37.0 Å². The summed E-state index contributed by atoms with van der Waals surface area (Å²) in [6, 6.07) is 0. The number of hydrogen-bond acceptors (Lipinski definition) is 15. The van der Waals surface area contributed by atoms with Crippen molar-refractivity contribution in [2.45, 2.75) is 433 Å². The second kappa shape index (κ2) is 70.1. The maximum Gasteiger partial charge on any atom is 0.472 e. The minimum Gasteiger partial charge on any atom is -0.462 e. The molecule has 3 unspecified atom stereocenters. The Morgan fingerprint density at radius 2 is 0.480 bits per heavy atom. The van der Waals surface area contributed by atoms with Crippen LogP contribution >= 0.6 is 15.6 Å². The van der Waals surface area contributed by atoms with E-state index >= 15 is 0 Å². The van der Waals surface area contributed by atoms with Crippen molar-refractivity contribution in [3.8, 4) is 0 Å². The van der Waals surface area contributed by atoms with Gasteiger partial charge in [-0.1, -0.05) is 364 Å². The normalized spacial score (nSPS) is 14.3. The molecule has 0 aromatic rings. The summed E-state index contributed by atoms with van der Waals surface area (Å²) in [6.07, 6.45) is 57.2. The highest BCUT2D eigenvalue weighted by molar-refractivity contribution is 7.47. The zero-order valence-corrected chi connectivity index (χ0v) is 67.6. The number of rotatable bonds is 78. The second-order valence-corrected chi connectivity index (χ2v) is 33.7. The summed E-state index contributed by atoms with van der Waals surface area (Å²) in [6.45, 7) is 14.2. The van der Waals surface area contributed by atoms with Crippen LogP contribution in [0.25, 0.3) is 0 Å². The lowest BCUT2D eigenvalue weighted by molar-refractivity contribution is -0.161. The maximum absolute atomic E-state index is 13.1. The van der Waals surface area contributed by atoms with Gasteiger partial charge in [0, 0.05) is 25.7 Å². The van der Waals surface area contributed by atoms with Crippen LogP contribution in [0.2, 0.25) is 0 Å². The number of aliphatic hydroxyl groups is 1. The maximum atomic E-state index is 13.1. The first-order valence-electron chi connectivity index (χ1n) is 41.7. The number of phosphoric ester groups is 2. The first-order valence-corrected chi connectivity index (χ1v) is 44.7. The van der Waals surface area contributed by atoms with Gasteiger partial charge in [-0.2, -0.15) is 0 Å². The van der Waals surface area contributed by atoms with Crippen LogP contribution < -0.4 is 0 Å². The average Bonchev–Trinajstić information content (AvgIpc) is 0.926. The standard InChI is InChI=1S/C81H158O17P2/c1-9-74(8)60-52-44-39-40-46-54-62-79(84)92-68-77(97-80(85)63-55-47-37-31-27-23-19-15-14-17-21-25-29-34-42-50-58-72(4)5)70-96-100(89,90)94-66-75(82)65-93-99(87,88)95-69-76(98-81(86)64-56-48-38-32-35-43-51-59-73(6)7)67-91-78(83)61-53-45-36-30-26-22-18-13-11-10-12-16-20-24-28-33-41-49-57-71(2)3/h71-77,82H,9-70H2,1-8H3,(H,87,88)(H,89,90)/t74?,75-,76-,77-/m1/s1. The van der Waals surface area contributed by atoms with Crippen LogP contribution in [0.4, 0.5) is 0 Å². The molecule has 594 valence electrons. The number of unbranched alkanes of at least 4 members (excludes halogenated alkanes) is 43. The van der Waals surface area contributed by atoms with E-state index in [0.29, 0.717) is 31.6 Å². The summed E-state index contributed by atoms with van der Waals surface area (Å²) < 4.78 is 68.6. The van der Waals surface area contributed by atoms with Crippen molar-refractivity contribution in [2.24, 2.45) is 23.7 Å². The van der Waals surface area contributed by atoms with Gasteiger partial charge >= 0.3 is 39.5 Å². The minimum absolute atomic E-state index is 0.104. The van der Waals surface area contributed by atoms with E-state index in [0.717, 1.165) is 114 Å². The average molecular weight is 1470 g/mol. The zero-order valence-electron chi connectivity index (χ0n) is 65.8. The molecule has 0 rings (SSSR count). The largest absolute Gasteiger partial charge is 0.472 e. The topological polar surface area (TPSA) is 237 Å². The van der Waals surface area contributed by atoms with Gasteiger partial charge in [0.15, 0.2) is 12.2 Å². The van der Waals surface area contributed by atoms with Crippen LogP contribution in [0.5, 0.6) is 0 Å². The number of esters is 4. The van der Waals surface area contributed by atoms with Gasteiger partial charge in [0.2, 0.25) is 0 Å². The second-order valence-electron chi connectivity index (χ2n) is 30.8. The molecule has 0 aliphatic rings. The van der Waals surface area contributed by atoms with Crippen LogP contribution in [-0.4, -0.2) is 96.7 Å². The Bertz CT molecular complexity index is 1960. The Morgan fingerprint density at radius 3 is 0.710 bits per heavy atom. The molecule has 17 nitrogen and oxygen atoms in total. The van der Waals surface area contributed by atoms with Crippen molar-refractivity contribution in [1.82, 2.24) is 0 Å². The number of aliphatic hydroxyl groups excluding tert-OH is 1. The SMILES string of the molecule is CCC(C)CCCCCCCCC(=O)OC[C@H](COP(=O)(O)OC[C@H](O)COP(=O)(O)OC[C@@H](COC(=O)CCCCCCCCCCCCCCCCCCCCC(C)C)OC(=O)CCCCCCCCCC(C)C)OC(=O)CCCCCCCCCCCCCCCCCCC(C)C. The predicted octanol–water partition coefficient (Wildman–Crippen LogP) is 24.0. The fraction of sp³-hybridized carbons (Fsp3) is 0.951. The molecule has 3 N–H and O–H groups in total. The van der Waals surface area contributed by atoms with E-state index in [1.807, 2.05) is 0 Å². The molecule has 0 aromatic heterocycles. The van der Waals surface area contributed by atoms with Crippen molar-refractivity contribution in [1.29, 1.82) is 0 Å². The van der Waals surface area contributed by atoms with E-state index in [-0.39, 0.29) is 25.7 Å². The number of carbonyl (C=O) groups excluding carboxylic acids is 4. The van der Waals surface area contributed by atoms with E-state index in [1.54, 1.807) is 0 Å². The molecule has 0 radical (unpaired) electrons. The molecule has 0 amide bonds. The van der Waals surface area contributed by atoms with Crippen molar-refractivity contribution in [3.63, 3.8) is 0 Å². The van der Waals surface area contributed by atoms with Crippen molar-refractivity contribution < 1.29 is 80.2 Å². The molecule has 0 spiro atoms. The molecule has 0 aliphatic heterocycles. The fourth-order valence-corrected chi connectivity index (χ4v) is 14.0. The number of hydrogen-bond donors (Lipinski definition) is 3. The minimum atomic E-state index is -4.96. The van der Waals surface area contributed by atoms with Crippen LogP contribution in [-0.2, 0) is 65.4 Å². The van der Waals surface area contributed by atoms with E-state index in [2.05, 4.69) is 55.4 Å². The third-order valence-corrected chi connectivity index (χ3v) is 21.1. The molecule has 100 heavy (non-hydrogen) atoms. The highest BCUT2D eigenvalue weighted by Gasteiger charge is 2.30. The van der Waals surface area contributed by atoms with Crippen LogP contribution in [0.3, 0.4) is 0 Å². The van der Waals surface area contributed by atoms with Crippen LogP contribution in [0.15, 0.2) is 0 Å². The van der Waals surface area contributed by atoms with Gasteiger partial charge < -0.3 is 33.8 Å². The van der Waals surface area contributed by atoms with Crippen molar-refractivity contribution in [3.05, 3.63) is 0 Å². The monoisotopic (exact) mass is 1470 g/mol. The molecule has 0 heterocycles. The molecular weight excluding hydrogens is 1310 g/mol. The van der Waals surface area contributed by atoms with Crippen LogP contribution in [0.1, 0.15) is 415 Å². The molecule has 0 fully saturated rings. The Labute approximate surface area is 613 Å². The zero-order chi connectivity index (χ0) is 73.8. The van der Waals surface area contributed by atoms with Gasteiger partial charge in [0.25, 0.3) is 0 Å². The first kappa shape index (κ1) is 98.1. The Kier molecular flexibility index (Phi) is 68.7. The summed E-state index contributed by atoms with van der Waals surface area (Å²) in [5.74, 6) is 0.940. The highest BCUT2D eigenvalue weighted by Crippen LogP contribution is 2.45. The lowest BCUT2D eigenvalue weighted by atomic mass is 10.00. The third kappa shape index (κ3) is 73.0. The lowest BCUT2D eigenvalue weighted by Crippen LogP contribution is -2.30. The van der Waals surface area contributed by atoms with E-state index < -0.39 is 97.5 Å². The fourth-order valence-electron chi connectivity index (χ4n) is 12.4. The Balaban J connectivity index is 5.13. The lowest BCUT2D eigenvalue weighted by Gasteiger charge is -2.21. The molecule has 0 saturated carbocycles. The van der Waals surface area contributed by atoms with Gasteiger partial charge in [-0.25, -0.2) is 9.13 Å². The van der Waals surface area contributed by atoms with Gasteiger partial charge in [0.1, 0.15) is 19.3 Å². The number of phosphoric acid groups is 2. The number of ether oxygens (including phenoxy) is 4. The van der Waals surface area contributed by atoms with E-state index in [9.17, 15) is 43.2 Å². The number of carbonyl (C=O) groups is 4. The summed E-state index contributed by atoms with van der Waals surface area (Å²) in [4.78, 5) is 72.9. The van der Waals surface area contributed by atoms with Crippen molar-refractivity contribution >= 4 is 39.5 Å². The summed E-state index contributed by atoms with van der Waals surface area (Å²) >= 11 is 0. The Morgan fingerprint density at radius 1 is 0.280 bits per heavy atom. The summed E-state index contributed by atoms with van der Waals surface area (Å²) in [5.41, 5.74) is 0. The smallest absolute Gasteiger partial charge is 0.462 e. The summed E-state index contributed by atoms with van der Waals surface area (Å²) in [7, 11) is -9.92. The van der Waals surface area contributed by atoms with Crippen LogP contribution in [0, 0.1) is 23.7 Å². The van der Waals surface area contributed by atoms with Crippen molar-refractivity contribution in [2.75, 3.05) is 39.6 Å². The van der Waals surface area contributed by atoms with Gasteiger partial charge in [-0.15, -0.1) is 0 Å². The quantitative estimate of drug-likeness (QED) is 0.0222. The molecule has 6 atom stereocenters. The Hall–Kier alpha value is -1.94. The molecule has 0 bridgehead atoms. The first-order chi connectivity index (χ1) is 48.1. The molecule has 19 heteroatoms. The molecular formula is C81H158O17P2.